The minimum Gasteiger partial charge on any atom is -0.326 e. The van der Waals surface area contributed by atoms with E-state index in [4.69, 9.17) is 5.73 Å². The number of hydrogen-bond donors (Lipinski definition) is 1. The van der Waals surface area contributed by atoms with E-state index in [0.29, 0.717) is 12.6 Å². The van der Waals surface area contributed by atoms with Gasteiger partial charge in [-0.3, -0.25) is 4.90 Å². The van der Waals surface area contributed by atoms with E-state index in [1.54, 1.807) is 0 Å². The first-order chi connectivity index (χ1) is 8.19. The van der Waals surface area contributed by atoms with Gasteiger partial charge in [-0.25, -0.2) is 0 Å². The Morgan fingerprint density at radius 3 is 2.47 bits per heavy atom. The van der Waals surface area contributed by atoms with Crippen molar-refractivity contribution >= 4 is 0 Å². The van der Waals surface area contributed by atoms with Crippen LogP contribution in [0.15, 0.2) is 36.9 Å². The van der Waals surface area contributed by atoms with Crippen LogP contribution in [0, 0.1) is 0 Å². The highest BCUT2D eigenvalue weighted by atomic mass is 15.1. The van der Waals surface area contributed by atoms with Crippen LogP contribution in [0.25, 0.3) is 0 Å². The Labute approximate surface area is 105 Å². The van der Waals surface area contributed by atoms with Crippen LogP contribution in [0.2, 0.25) is 0 Å². The molecule has 2 nitrogen and oxygen atoms in total. The zero-order valence-electron chi connectivity index (χ0n) is 11.0. The molecule has 2 N–H and O–H groups in total. The standard InChI is InChI=1S/C15H24N2/c1-4-10-17(13(2)3)11-9-14-7-5-6-8-15(14)12-16/h4-8,13H,1,9-12,16H2,2-3H3. The van der Waals surface area contributed by atoms with Gasteiger partial charge in [-0.15, -0.1) is 6.58 Å². The monoisotopic (exact) mass is 232 g/mol. The van der Waals surface area contributed by atoms with E-state index >= 15 is 0 Å². The van der Waals surface area contributed by atoms with Gasteiger partial charge in [0, 0.05) is 25.7 Å². The maximum Gasteiger partial charge on any atom is 0.0180 e. The zero-order valence-corrected chi connectivity index (χ0v) is 11.0. The van der Waals surface area contributed by atoms with E-state index in [9.17, 15) is 0 Å². The second-order valence-electron chi connectivity index (χ2n) is 4.60. The minimum atomic E-state index is 0.554. The highest BCUT2D eigenvalue weighted by Gasteiger charge is 2.08. The van der Waals surface area contributed by atoms with Gasteiger partial charge in [-0.2, -0.15) is 0 Å². The number of rotatable bonds is 7. The molecule has 0 spiro atoms. The van der Waals surface area contributed by atoms with Crippen molar-refractivity contribution in [2.45, 2.75) is 32.9 Å². The van der Waals surface area contributed by atoms with E-state index < -0.39 is 0 Å². The van der Waals surface area contributed by atoms with Crippen LogP contribution in [0.4, 0.5) is 0 Å². The van der Waals surface area contributed by atoms with E-state index in [1.165, 1.54) is 11.1 Å². The maximum atomic E-state index is 5.75. The average Bonchev–Trinajstić information content (AvgIpc) is 2.34. The summed E-state index contributed by atoms with van der Waals surface area (Å²) in [5.41, 5.74) is 8.37. The van der Waals surface area contributed by atoms with Crippen LogP contribution in [-0.2, 0) is 13.0 Å². The third-order valence-electron chi connectivity index (χ3n) is 3.10. The summed E-state index contributed by atoms with van der Waals surface area (Å²) >= 11 is 0. The molecule has 94 valence electrons. The van der Waals surface area contributed by atoms with Crippen molar-refractivity contribution in [1.29, 1.82) is 0 Å². The Kier molecular flexibility index (Phi) is 5.95. The Bertz CT molecular complexity index is 345. The van der Waals surface area contributed by atoms with Crippen LogP contribution in [0.1, 0.15) is 25.0 Å². The molecule has 0 fully saturated rings. The van der Waals surface area contributed by atoms with Crippen molar-refractivity contribution in [3.63, 3.8) is 0 Å². The lowest BCUT2D eigenvalue weighted by molar-refractivity contribution is 0.249. The van der Waals surface area contributed by atoms with E-state index in [-0.39, 0.29) is 0 Å². The highest BCUT2D eigenvalue weighted by Crippen LogP contribution is 2.10. The Balaban J connectivity index is 2.61. The van der Waals surface area contributed by atoms with Crippen LogP contribution in [0.3, 0.4) is 0 Å². The highest BCUT2D eigenvalue weighted by molar-refractivity contribution is 5.27. The molecule has 0 unspecified atom stereocenters. The Morgan fingerprint density at radius 1 is 1.29 bits per heavy atom. The summed E-state index contributed by atoms with van der Waals surface area (Å²) in [4.78, 5) is 2.42. The van der Waals surface area contributed by atoms with Gasteiger partial charge in [-0.1, -0.05) is 30.3 Å². The molecule has 1 rings (SSSR count). The molecule has 1 aromatic rings. The van der Waals surface area contributed by atoms with Gasteiger partial charge in [0.1, 0.15) is 0 Å². The summed E-state index contributed by atoms with van der Waals surface area (Å²) < 4.78 is 0. The molecule has 0 aliphatic carbocycles. The fourth-order valence-electron chi connectivity index (χ4n) is 1.99. The SMILES string of the molecule is C=CCN(CCc1ccccc1CN)C(C)C. The minimum absolute atomic E-state index is 0.554. The van der Waals surface area contributed by atoms with E-state index in [0.717, 1.165) is 19.5 Å². The molecule has 0 aliphatic heterocycles. The van der Waals surface area contributed by atoms with Crippen LogP contribution in [-0.4, -0.2) is 24.0 Å². The zero-order chi connectivity index (χ0) is 12.7. The van der Waals surface area contributed by atoms with Crippen molar-refractivity contribution in [2.75, 3.05) is 13.1 Å². The molecule has 0 saturated heterocycles. The number of benzene rings is 1. The van der Waals surface area contributed by atoms with E-state index in [2.05, 4.69) is 49.6 Å². The molecule has 2 heteroatoms. The predicted octanol–water partition coefficient (Wildman–Crippen LogP) is 2.58. The maximum absolute atomic E-state index is 5.75. The molecule has 17 heavy (non-hydrogen) atoms. The molecule has 0 heterocycles. The lowest BCUT2D eigenvalue weighted by Gasteiger charge is -2.25. The predicted molar refractivity (Wildman–Crippen MR) is 74.9 cm³/mol. The third kappa shape index (κ3) is 4.33. The van der Waals surface area contributed by atoms with Crippen molar-refractivity contribution in [1.82, 2.24) is 4.90 Å². The Hall–Kier alpha value is -1.12. The van der Waals surface area contributed by atoms with E-state index in [1.807, 2.05) is 6.08 Å². The van der Waals surface area contributed by atoms with Gasteiger partial charge in [0.25, 0.3) is 0 Å². The van der Waals surface area contributed by atoms with Crippen molar-refractivity contribution in [3.05, 3.63) is 48.0 Å². The van der Waals surface area contributed by atoms with Crippen LogP contribution < -0.4 is 5.73 Å². The lowest BCUT2D eigenvalue weighted by atomic mass is 10.0. The van der Waals surface area contributed by atoms with Gasteiger partial charge in [0.05, 0.1) is 0 Å². The second kappa shape index (κ2) is 7.25. The molecule has 0 saturated carbocycles. The summed E-state index contributed by atoms with van der Waals surface area (Å²) in [6.07, 6.45) is 3.02. The molecule has 0 aliphatic rings. The molecule has 0 bridgehead atoms. The Morgan fingerprint density at radius 2 is 1.94 bits per heavy atom. The average molecular weight is 232 g/mol. The normalized spacial score (nSPS) is 11.1. The first kappa shape index (κ1) is 13.9. The molecular weight excluding hydrogens is 208 g/mol. The van der Waals surface area contributed by atoms with Gasteiger partial charge < -0.3 is 5.73 Å². The summed E-state index contributed by atoms with van der Waals surface area (Å²) in [5.74, 6) is 0. The largest absolute Gasteiger partial charge is 0.326 e. The second-order valence-corrected chi connectivity index (χ2v) is 4.60. The number of nitrogens with zero attached hydrogens (tertiary/aromatic N) is 1. The topological polar surface area (TPSA) is 29.3 Å². The molecule has 0 amide bonds. The molecule has 1 aromatic carbocycles. The summed E-state index contributed by atoms with van der Waals surface area (Å²) in [5, 5.41) is 0. The molecule has 0 aromatic heterocycles. The molecule has 0 atom stereocenters. The third-order valence-corrected chi connectivity index (χ3v) is 3.10. The van der Waals surface area contributed by atoms with Crippen molar-refractivity contribution in [3.8, 4) is 0 Å². The fourth-order valence-corrected chi connectivity index (χ4v) is 1.99. The van der Waals surface area contributed by atoms with Crippen LogP contribution >= 0.6 is 0 Å². The fraction of sp³-hybridized carbons (Fsp3) is 0.467. The molecular formula is C15H24N2. The first-order valence-electron chi connectivity index (χ1n) is 6.30. The quantitative estimate of drug-likeness (QED) is 0.732. The summed E-state index contributed by atoms with van der Waals surface area (Å²) in [6, 6.07) is 8.98. The summed E-state index contributed by atoms with van der Waals surface area (Å²) in [7, 11) is 0. The van der Waals surface area contributed by atoms with Crippen LogP contribution in [0.5, 0.6) is 0 Å². The molecule has 0 radical (unpaired) electrons. The van der Waals surface area contributed by atoms with Gasteiger partial charge in [-0.05, 0) is 31.4 Å². The number of hydrogen-bond acceptors (Lipinski definition) is 2. The number of nitrogens with two attached hydrogens (primary N) is 1. The summed E-state index contributed by atoms with van der Waals surface area (Å²) in [6.45, 7) is 10.9. The van der Waals surface area contributed by atoms with Gasteiger partial charge in [0.2, 0.25) is 0 Å². The lowest BCUT2D eigenvalue weighted by Crippen LogP contribution is -2.33. The smallest absolute Gasteiger partial charge is 0.0180 e. The first-order valence-corrected chi connectivity index (χ1v) is 6.30. The van der Waals surface area contributed by atoms with Gasteiger partial charge >= 0.3 is 0 Å². The van der Waals surface area contributed by atoms with Crippen molar-refractivity contribution < 1.29 is 0 Å². The van der Waals surface area contributed by atoms with Gasteiger partial charge in [0.15, 0.2) is 0 Å². The van der Waals surface area contributed by atoms with Crippen molar-refractivity contribution in [2.24, 2.45) is 5.73 Å².